The number of nitrogens with zero attached hydrogens (tertiary/aromatic N) is 3. The van der Waals surface area contributed by atoms with Crippen LogP contribution in [0.2, 0.25) is 5.02 Å². The Kier molecular flexibility index (Phi) is 5.24. The highest BCUT2D eigenvalue weighted by molar-refractivity contribution is 7.22. The first-order chi connectivity index (χ1) is 14.0. The van der Waals surface area contributed by atoms with Gasteiger partial charge >= 0.3 is 0 Å². The molecule has 1 amide bonds. The van der Waals surface area contributed by atoms with Crippen LogP contribution in [0.3, 0.4) is 0 Å². The second-order valence-corrected chi connectivity index (χ2v) is 7.68. The number of thiazole rings is 1. The van der Waals surface area contributed by atoms with E-state index in [1.54, 1.807) is 0 Å². The molecule has 0 saturated heterocycles. The molecule has 144 valence electrons. The zero-order valence-electron chi connectivity index (χ0n) is 15.0. The Bertz CT molecular complexity index is 1180. The molecule has 8 heteroatoms. The highest BCUT2D eigenvalue weighted by Crippen LogP contribution is 2.32. The first-order valence-corrected chi connectivity index (χ1v) is 9.87. The molecule has 0 spiro atoms. The van der Waals surface area contributed by atoms with Gasteiger partial charge in [0, 0.05) is 12.1 Å². The second-order valence-electron chi connectivity index (χ2n) is 6.26. The number of amides is 1. The minimum atomic E-state index is -0.549. The lowest BCUT2D eigenvalue weighted by molar-refractivity contribution is -0.384. The molecule has 0 aliphatic carbocycles. The Morgan fingerprint density at radius 1 is 1.07 bits per heavy atom. The minimum absolute atomic E-state index is 0.0658. The fourth-order valence-corrected chi connectivity index (χ4v) is 4.07. The number of aromatic nitrogens is 1. The molecule has 0 radical (unpaired) electrons. The third kappa shape index (κ3) is 3.96. The first-order valence-electron chi connectivity index (χ1n) is 8.68. The summed E-state index contributed by atoms with van der Waals surface area (Å²) in [4.78, 5) is 30.1. The molecule has 4 aromatic rings. The molecule has 6 nitrogen and oxygen atoms in total. The normalized spacial score (nSPS) is 10.8. The van der Waals surface area contributed by atoms with Crippen LogP contribution in [-0.2, 0) is 6.54 Å². The first kappa shape index (κ1) is 19.0. The fourth-order valence-electron chi connectivity index (χ4n) is 2.90. The van der Waals surface area contributed by atoms with Gasteiger partial charge in [-0.15, -0.1) is 0 Å². The lowest BCUT2D eigenvalue weighted by Gasteiger charge is -2.20. The Morgan fingerprint density at radius 2 is 1.79 bits per heavy atom. The third-order valence-corrected chi connectivity index (χ3v) is 5.72. The molecule has 0 saturated carbocycles. The molecule has 0 N–H and O–H groups in total. The largest absolute Gasteiger partial charge is 0.279 e. The molecule has 0 bridgehead atoms. The summed E-state index contributed by atoms with van der Waals surface area (Å²) < 4.78 is 0.943. The number of hydrogen-bond donors (Lipinski definition) is 0. The minimum Gasteiger partial charge on any atom is -0.279 e. The monoisotopic (exact) mass is 423 g/mol. The van der Waals surface area contributed by atoms with Crippen molar-refractivity contribution in [2.24, 2.45) is 0 Å². The van der Waals surface area contributed by atoms with Crippen LogP contribution in [0.15, 0.2) is 72.8 Å². The van der Waals surface area contributed by atoms with Crippen molar-refractivity contribution in [3.05, 3.63) is 99.1 Å². The lowest BCUT2D eigenvalue weighted by atomic mass is 10.1. The van der Waals surface area contributed by atoms with Crippen LogP contribution in [-0.4, -0.2) is 15.8 Å². The summed E-state index contributed by atoms with van der Waals surface area (Å²) in [6.07, 6.45) is 0. The predicted octanol–water partition coefficient (Wildman–Crippen LogP) is 5.70. The van der Waals surface area contributed by atoms with Crippen LogP contribution in [0.5, 0.6) is 0 Å². The van der Waals surface area contributed by atoms with Crippen LogP contribution in [0.25, 0.3) is 10.2 Å². The number of nitro groups is 1. The average molecular weight is 424 g/mol. The van der Waals surface area contributed by atoms with Crippen molar-refractivity contribution in [1.29, 1.82) is 0 Å². The lowest BCUT2D eigenvalue weighted by Crippen LogP contribution is -2.30. The van der Waals surface area contributed by atoms with Gasteiger partial charge in [-0.3, -0.25) is 19.8 Å². The molecule has 3 aromatic carbocycles. The van der Waals surface area contributed by atoms with Crippen molar-refractivity contribution in [3.63, 3.8) is 0 Å². The number of carbonyl (C=O) groups is 1. The van der Waals surface area contributed by atoms with E-state index < -0.39 is 10.8 Å². The molecule has 29 heavy (non-hydrogen) atoms. The number of para-hydroxylation sites is 1. The molecule has 1 heterocycles. The van der Waals surface area contributed by atoms with Crippen molar-refractivity contribution >= 4 is 49.9 Å². The number of halogens is 1. The Balaban J connectivity index is 1.80. The molecule has 0 unspecified atom stereocenters. The van der Waals surface area contributed by atoms with E-state index >= 15 is 0 Å². The van der Waals surface area contributed by atoms with Gasteiger partial charge in [0.1, 0.15) is 0 Å². The zero-order valence-corrected chi connectivity index (χ0v) is 16.6. The van der Waals surface area contributed by atoms with Gasteiger partial charge in [-0.25, -0.2) is 4.98 Å². The van der Waals surface area contributed by atoms with Crippen molar-refractivity contribution in [2.45, 2.75) is 6.54 Å². The molecular weight excluding hydrogens is 410 g/mol. The molecule has 0 fully saturated rings. The maximum absolute atomic E-state index is 13.4. The third-order valence-electron chi connectivity index (χ3n) is 4.33. The van der Waals surface area contributed by atoms with E-state index in [1.807, 2.05) is 54.6 Å². The summed E-state index contributed by atoms with van der Waals surface area (Å²) in [5.41, 5.74) is 1.56. The molecule has 0 aliphatic rings. The highest BCUT2D eigenvalue weighted by atomic mass is 35.5. The summed E-state index contributed by atoms with van der Waals surface area (Å²) in [6, 6.07) is 20.9. The number of rotatable bonds is 5. The topological polar surface area (TPSA) is 76.3 Å². The highest BCUT2D eigenvalue weighted by Gasteiger charge is 2.25. The molecule has 0 aliphatic heterocycles. The number of non-ortho nitro benzene ring substituents is 1. The van der Waals surface area contributed by atoms with Gasteiger partial charge in [-0.1, -0.05) is 65.4 Å². The quantitative estimate of drug-likeness (QED) is 0.304. The molecule has 4 rings (SSSR count). The number of benzene rings is 3. The van der Waals surface area contributed by atoms with Crippen molar-refractivity contribution in [3.8, 4) is 0 Å². The Labute approximate surface area is 175 Å². The van der Waals surface area contributed by atoms with Crippen LogP contribution < -0.4 is 4.90 Å². The van der Waals surface area contributed by atoms with E-state index in [0.29, 0.717) is 5.13 Å². The van der Waals surface area contributed by atoms with Gasteiger partial charge in [0.25, 0.3) is 11.6 Å². The predicted molar refractivity (Wildman–Crippen MR) is 115 cm³/mol. The van der Waals surface area contributed by atoms with Crippen molar-refractivity contribution in [2.75, 3.05) is 4.90 Å². The van der Waals surface area contributed by atoms with Gasteiger partial charge in [0.05, 0.1) is 32.3 Å². The molecular formula is C21H14ClN3O3S. The molecule has 1 aromatic heterocycles. The summed E-state index contributed by atoms with van der Waals surface area (Å²) in [7, 11) is 0. The maximum atomic E-state index is 13.4. The van der Waals surface area contributed by atoms with Gasteiger partial charge in [-0.2, -0.15) is 0 Å². The average Bonchev–Trinajstić information content (AvgIpc) is 3.16. The van der Waals surface area contributed by atoms with Crippen LogP contribution in [0.1, 0.15) is 15.9 Å². The number of nitro benzene ring substituents is 1. The van der Waals surface area contributed by atoms with Crippen LogP contribution in [0, 0.1) is 10.1 Å². The van der Waals surface area contributed by atoms with Crippen LogP contribution in [0.4, 0.5) is 10.8 Å². The van der Waals surface area contributed by atoms with Gasteiger partial charge < -0.3 is 0 Å². The maximum Gasteiger partial charge on any atom is 0.270 e. The Hall–Kier alpha value is -3.29. The Morgan fingerprint density at radius 3 is 2.52 bits per heavy atom. The summed E-state index contributed by atoms with van der Waals surface area (Å²) in [6.45, 7) is 0.262. The van der Waals surface area contributed by atoms with E-state index in [-0.39, 0.29) is 22.8 Å². The van der Waals surface area contributed by atoms with E-state index in [0.717, 1.165) is 15.8 Å². The summed E-state index contributed by atoms with van der Waals surface area (Å²) >= 11 is 7.60. The van der Waals surface area contributed by atoms with E-state index in [1.165, 1.54) is 34.4 Å². The number of hydrogen-bond acceptors (Lipinski definition) is 5. The van der Waals surface area contributed by atoms with Crippen molar-refractivity contribution < 1.29 is 9.72 Å². The standard InChI is InChI=1S/C21H14ClN3O3S/c22-17-11-10-15(25(27)28)12-16(17)20(26)24(13-14-6-2-1-3-7-14)21-23-18-8-4-5-9-19(18)29-21/h1-12H,13H2. The second kappa shape index (κ2) is 7.98. The van der Waals surface area contributed by atoms with Crippen molar-refractivity contribution in [1.82, 2.24) is 4.98 Å². The van der Waals surface area contributed by atoms with Crippen LogP contribution >= 0.6 is 22.9 Å². The zero-order chi connectivity index (χ0) is 20.4. The number of anilines is 1. The summed E-state index contributed by atoms with van der Waals surface area (Å²) in [5.74, 6) is -0.443. The smallest absolute Gasteiger partial charge is 0.270 e. The van der Waals surface area contributed by atoms with E-state index in [9.17, 15) is 14.9 Å². The van der Waals surface area contributed by atoms with Gasteiger partial charge in [0.15, 0.2) is 5.13 Å². The summed E-state index contributed by atoms with van der Waals surface area (Å²) in [5, 5.41) is 11.8. The number of carbonyl (C=O) groups excluding carboxylic acids is 1. The molecule has 0 atom stereocenters. The fraction of sp³-hybridized carbons (Fsp3) is 0.0476. The van der Waals surface area contributed by atoms with Gasteiger partial charge in [0.2, 0.25) is 0 Å². The SMILES string of the molecule is O=C(c1cc([N+](=O)[O-])ccc1Cl)N(Cc1ccccc1)c1nc2ccccc2s1. The van der Waals surface area contributed by atoms with E-state index in [2.05, 4.69) is 4.98 Å². The number of fused-ring (bicyclic) bond motifs is 1. The van der Waals surface area contributed by atoms with E-state index in [4.69, 9.17) is 11.6 Å². The van der Waals surface area contributed by atoms with Gasteiger partial charge in [-0.05, 0) is 23.8 Å².